The maximum atomic E-state index is 13.8. The van der Waals surface area contributed by atoms with Crippen molar-refractivity contribution < 1.29 is 18.7 Å². The van der Waals surface area contributed by atoms with Gasteiger partial charge in [0.1, 0.15) is 34.6 Å². The molecule has 28 heavy (non-hydrogen) atoms. The second-order valence-electron chi connectivity index (χ2n) is 6.52. The largest absolute Gasteiger partial charge is 0.488 e. The molecule has 0 spiro atoms. The molecule has 3 aromatic rings. The van der Waals surface area contributed by atoms with E-state index in [9.17, 15) is 9.18 Å². The molecule has 0 unspecified atom stereocenters. The Morgan fingerprint density at radius 3 is 2.89 bits per heavy atom. The van der Waals surface area contributed by atoms with Crippen LogP contribution < -0.4 is 15.8 Å². The van der Waals surface area contributed by atoms with Crippen molar-refractivity contribution in [2.24, 2.45) is 5.73 Å². The predicted octanol–water partition coefficient (Wildman–Crippen LogP) is 3.54. The average molecular weight is 402 g/mol. The number of rotatable bonds is 5. The Morgan fingerprint density at radius 2 is 2.14 bits per heavy atom. The van der Waals surface area contributed by atoms with E-state index in [1.807, 2.05) is 0 Å². The highest BCUT2D eigenvalue weighted by atomic mass is 32.1. The van der Waals surface area contributed by atoms with Crippen LogP contribution in [-0.4, -0.2) is 35.2 Å². The number of halogens is 1. The molecule has 1 aliphatic rings. The summed E-state index contributed by atoms with van der Waals surface area (Å²) in [4.78, 5) is 21.3. The van der Waals surface area contributed by atoms with Gasteiger partial charge >= 0.3 is 0 Å². The molecule has 1 amide bonds. The molecule has 3 heterocycles. The Morgan fingerprint density at radius 1 is 1.36 bits per heavy atom. The summed E-state index contributed by atoms with van der Waals surface area (Å²) < 4.78 is 25.2. The number of nitrogens with two attached hydrogens (primary N) is 1. The summed E-state index contributed by atoms with van der Waals surface area (Å²) >= 11 is 1.22. The van der Waals surface area contributed by atoms with E-state index in [-0.39, 0.29) is 11.9 Å². The van der Waals surface area contributed by atoms with Crippen LogP contribution in [0.15, 0.2) is 24.5 Å². The number of aromatic nitrogens is 2. The van der Waals surface area contributed by atoms with E-state index >= 15 is 0 Å². The highest BCUT2D eigenvalue weighted by molar-refractivity contribution is 7.20. The molecule has 0 saturated carbocycles. The van der Waals surface area contributed by atoms with Gasteiger partial charge in [-0.15, -0.1) is 11.3 Å². The van der Waals surface area contributed by atoms with Gasteiger partial charge < -0.3 is 20.5 Å². The number of hydrogen-bond donors (Lipinski definition) is 2. The minimum absolute atomic E-state index is 0.0362. The van der Waals surface area contributed by atoms with Gasteiger partial charge in [-0.1, -0.05) is 0 Å². The number of hydrogen-bond acceptors (Lipinski definition) is 7. The van der Waals surface area contributed by atoms with Crippen LogP contribution in [0.1, 0.15) is 28.1 Å². The Balaban J connectivity index is 1.70. The fourth-order valence-corrected chi connectivity index (χ4v) is 4.20. The van der Waals surface area contributed by atoms with E-state index in [4.69, 9.17) is 15.2 Å². The number of amides is 1. The van der Waals surface area contributed by atoms with Crippen LogP contribution in [0.25, 0.3) is 10.2 Å². The molecule has 1 fully saturated rings. The Bertz CT molecular complexity index is 1030. The zero-order valence-electron chi connectivity index (χ0n) is 15.2. The smallest absolute Gasteiger partial charge is 0.259 e. The maximum Gasteiger partial charge on any atom is 0.259 e. The summed E-state index contributed by atoms with van der Waals surface area (Å²) in [6, 6.07) is 4.31. The van der Waals surface area contributed by atoms with Gasteiger partial charge in [-0.2, -0.15) is 0 Å². The minimum Gasteiger partial charge on any atom is -0.488 e. The van der Waals surface area contributed by atoms with Crippen molar-refractivity contribution in [3.05, 3.63) is 40.8 Å². The molecule has 1 saturated heterocycles. The fourth-order valence-electron chi connectivity index (χ4n) is 3.20. The molecule has 0 radical (unpaired) electrons. The Kier molecular flexibility index (Phi) is 5.10. The van der Waals surface area contributed by atoms with E-state index in [2.05, 4.69) is 15.3 Å². The second kappa shape index (κ2) is 7.69. The van der Waals surface area contributed by atoms with Gasteiger partial charge in [0.2, 0.25) is 0 Å². The van der Waals surface area contributed by atoms with Gasteiger partial charge in [0.25, 0.3) is 5.91 Å². The summed E-state index contributed by atoms with van der Waals surface area (Å²) in [5, 5.41) is 3.92. The highest BCUT2D eigenvalue weighted by Gasteiger charge is 2.20. The van der Waals surface area contributed by atoms with Crippen LogP contribution in [0.5, 0.6) is 5.75 Å². The molecule has 9 heteroatoms. The van der Waals surface area contributed by atoms with E-state index in [0.29, 0.717) is 51.1 Å². The van der Waals surface area contributed by atoms with E-state index in [1.54, 1.807) is 13.0 Å². The average Bonchev–Trinajstić information content (AvgIpc) is 3.03. The summed E-state index contributed by atoms with van der Waals surface area (Å²) in [6.07, 6.45) is 2.87. The van der Waals surface area contributed by atoms with Crippen molar-refractivity contribution in [2.45, 2.75) is 25.9 Å². The van der Waals surface area contributed by atoms with Gasteiger partial charge in [-0.25, -0.2) is 14.4 Å². The zero-order chi connectivity index (χ0) is 19.7. The van der Waals surface area contributed by atoms with Gasteiger partial charge in [0.15, 0.2) is 0 Å². The fraction of sp³-hybridized carbons (Fsp3) is 0.316. The molecule has 4 rings (SSSR count). The number of nitrogens with one attached hydrogen (secondary N) is 1. The number of thiophene rings is 1. The van der Waals surface area contributed by atoms with E-state index < -0.39 is 5.91 Å². The first kappa shape index (κ1) is 18.6. The summed E-state index contributed by atoms with van der Waals surface area (Å²) in [6.45, 7) is 3.05. The van der Waals surface area contributed by atoms with Crippen LogP contribution in [0.3, 0.4) is 0 Å². The lowest BCUT2D eigenvalue weighted by atomic mass is 10.1. The minimum atomic E-state index is -0.503. The number of fused-ring (bicyclic) bond motifs is 1. The third-order valence-electron chi connectivity index (χ3n) is 4.61. The topological polar surface area (TPSA) is 99.4 Å². The molecular weight excluding hydrogens is 383 g/mol. The molecule has 0 aliphatic carbocycles. The van der Waals surface area contributed by atoms with Crippen molar-refractivity contribution in [1.29, 1.82) is 0 Å². The van der Waals surface area contributed by atoms with Gasteiger partial charge in [0.05, 0.1) is 29.2 Å². The first-order valence-corrected chi connectivity index (χ1v) is 9.69. The lowest BCUT2D eigenvalue weighted by Gasteiger charge is -2.24. The van der Waals surface area contributed by atoms with Crippen molar-refractivity contribution >= 4 is 39.0 Å². The first-order valence-electron chi connectivity index (χ1n) is 8.88. The van der Waals surface area contributed by atoms with Gasteiger partial charge in [0, 0.05) is 18.9 Å². The van der Waals surface area contributed by atoms with Gasteiger partial charge in [-0.05, 0) is 24.6 Å². The SMILES string of the molecule is Cc1c(C(N)=O)sc2ncnc(Nc3ccc(F)cc3OC3CCOCC3)c12. The van der Waals surface area contributed by atoms with Crippen LogP contribution in [0.4, 0.5) is 15.9 Å². The molecule has 0 bridgehead atoms. The second-order valence-corrected chi connectivity index (χ2v) is 7.52. The lowest BCUT2D eigenvalue weighted by Crippen LogP contribution is -2.26. The number of ether oxygens (including phenoxy) is 2. The normalized spacial score (nSPS) is 14.9. The van der Waals surface area contributed by atoms with E-state index in [0.717, 1.165) is 12.8 Å². The Labute approximate surface area is 164 Å². The quantitative estimate of drug-likeness (QED) is 0.677. The number of carbonyl (C=O) groups is 1. The monoisotopic (exact) mass is 402 g/mol. The lowest BCUT2D eigenvalue weighted by molar-refractivity contribution is 0.0257. The summed E-state index contributed by atoms with van der Waals surface area (Å²) in [7, 11) is 0. The van der Waals surface area contributed by atoms with Crippen molar-refractivity contribution in [3.8, 4) is 5.75 Å². The number of carbonyl (C=O) groups excluding carboxylic acids is 1. The zero-order valence-corrected chi connectivity index (χ0v) is 16.0. The van der Waals surface area contributed by atoms with Crippen molar-refractivity contribution in [2.75, 3.05) is 18.5 Å². The third-order valence-corrected chi connectivity index (χ3v) is 5.82. The molecule has 3 N–H and O–H groups in total. The number of nitrogens with zero attached hydrogens (tertiary/aromatic N) is 2. The van der Waals surface area contributed by atoms with Crippen LogP contribution in [0, 0.1) is 12.7 Å². The molecule has 1 aliphatic heterocycles. The molecule has 7 nitrogen and oxygen atoms in total. The van der Waals surface area contributed by atoms with E-state index in [1.165, 1.54) is 29.8 Å². The summed E-state index contributed by atoms with van der Waals surface area (Å²) in [5.41, 5.74) is 6.75. The molecule has 0 atom stereocenters. The number of benzene rings is 1. The van der Waals surface area contributed by atoms with Gasteiger partial charge in [-0.3, -0.25) is 4.79 Å². The molecule has 2 aromatic heterocycles. The van der Waals surface area contributed by atoms with Crippen LogP contribution in [-0.2, 0) is 4.74 Å². The Hall–Kier alpha value is -2.78. The summed E-state index contributed by atoms with van der Waals surface area (Å²) in [5.74, 6) is 0.0244. The standard InChI is InChI=1S/C19H19FN4O3S/c1-10-15-18(22-9-23-19(15)28-16(10)17(21)25)24-13-3-2-11(20)8-14(13)27-12-4-6-26-7-5-12/h2-3,8-9,12H,4-7H2,1H3,(H2,21,25)(H,22,23,24). The van der Waals surface area contributed by atoms with Crippen LogP contribution in [0.2, 0.25) is 0 Å². The van der Waals surface area contributed by atoms with Crippen LogP contribution >= 0.6 is 11.3 Å². The number of anilines is 2. The number of primary amides is 1. The molecule has 146 valence electrons. The van der Waals surface area contributed by atoms with Crippen molar-refractivity contribution in [1.82, 2.24) is 9.97 Å². The predicted molar refractivity (Wildman–Crippen MR) is 105 cm³/mol. The highest BCUT2D eigenvalue weighted by Crippen LogP contribution is 2.36. The maximum absolute atomic E-state index is 13.8. The molecular formula is C19H19FN4O3S. The number of aryl methyl sites for hydroxylation is 1. The third kappa shape index (κ3) is 3.63. The van der Waals surface area contributed by atoms with Crippen molar-refractivity contribution in [3.63, 3.8) is 0 Å². The molecule has 1 aromatic carbocycles. The first-order chi connectivity index (χ1) is 13.5.